The van der Waals surface area contributed by atoms with Crippen LogP contribution in [-0.4, -0.2) is 24.4 Å². The van der Waals surface area contributed by atoms with Crippen LogP contribution in [0.3, 0.4) is 0 Å². The molecule has 2 aromatic rings. The molecule has 0 unspecified atom stereocenters. The number of hydrogen-bond acceptors (Lipinski definition) is 4. The minimum Gasteiger partial charge on any atom is -0.313 e. The van der Waals surface area contributed by atoms with Crippen LogP contribution in [0.5, 0.6) is 0 Å². The average Bonchev–Trinajstić information content (AvgIpc) is 2.89. The zero-order valence-corrected chi connectivity index (χ0v) is 13.7. The van der Waals surface area contributed by atoms with E-state index in [0.29, 0.717) is 10.6 Å². The second-order valence-corrected chi connectivity index (χ2v) is 6.65. The number of fused-ring (bicyclic) bond motifs is 1. The van der Waals surface area contributed by atoms with Crippen LogP contribution in [0.15, 0.2) is 36.4 Å². The molecule has 1 aliphatic rings. The van der Waals surface area contributed by atoms with Gasteiger partial charge < -0.3 is 10.2 Å². The lowest BCUT2D eigenvalue weighted by atomic mass is 10.0. The highest BCUT2D eigenvalue weighted by Crippen LogP contribution is 2.36. The van der Waals surface area contributed by atoms with Gasteiger partial charge in [-0.2, -0.15) is 5.26 Å². The van der Waals surface area contributed by atoms with Crippen molar-refractivity contribution in [1.82, 2.24) is 4.90 Å². The van der Waals surface area contributed by atoms with Gasteiger partial charge in [-0.3, -0.25) is 4.79 Å². The van der Waals surface area contributed by atoms with Crippen LogP contribution < -0.4 is 5.32 Å². The summed E-state index contributed by atoms with van der Waals surface area (Å²) in [5.41, 5.74) is 2.69. The summed E-state index contributed by atoms with van der Waals surface area (Å²) in [6, 6.07) is 11.9. The maximum Gasteiger partial charge on any atom is 0.249 e. The normalized spacial score (nSPS) is 14.4. The van der Waals surface area contributed by atoms with E-state index >= 15 is 0 Å². The van der Waals surface area contributed by atoms with Gasteiger partial charge in [-0.1, -0.05) is 30.3 Å². The molecule has 1 amide bonds. The second kappa shape index (κ2) is 6.78. The van der Waals surface area contributed by atoms with E-state index in [1.807, 2.05) is 30.3 Å². The number of nitriles is 1. The number of amides is 1. The van der Waals surface area contributed by atoms with Crippen molar-refractivity contribution in [3.63, 3.8) is 0 Å². The Labute approximate surface area is 139 Å². The number of carbonyl (C=O) groups is 1. The second-order valence-electron chi connectivity index (χ2n) is 5.54. The largest absolute Gasteiger partial charge is 0.313 e. The summed E-state index contributed by atoms with van der Waals surface area (Å²) < 4.78 is 0. The van der Waals surface area contributed by atoms with Crippen molar-refractivity contribution in [2.45, 2.75) is 13.0 Å². The predicted molar refractivity (Wildman–Crippen MR) is 93.2 cm³/mol. The molecular weight excluding hydrogens is 306 g/mol. The maximum atomic E-state index is 12.1. The number of benzene rings is 1. The Morgan fingerprint density at radius 2 is 2.17 bits per heavy atom. The van der Waals surface area contributed by atoms with Gasteiger partial charge in [-0.25, -0.2) is 0 Å². The van der Waals surface area contributed by atoms with Gasteiger partial charge in [0.1, 0.15) is 11.1 Å². The van der Waals surface area contributed by atoms with Crippen LogP contribution in [-0.2, 0) is 17.8 Å². The number of likely N-dealkylation sites (N-methyl/N-ethyl adjacent to an activating group) is 1. The molecule has 0 spiro atoms. The van der Waals surface area contributed by atoms with Crippen molar-refractivity contribution < 1.29 is 4.79 Å². The fraction of sp³-hybridized carbons (Fsp3) is 0.222. The first-order chi connectivity index (χ1) is 11.2. The predicted octanol–water partition coefficient (Wildman–Crippen LogP) is 3.26. The van der Waals surface area contributed by atoms with Gasteiger partial charge in [0.05, 0.1) is 5.56 Å². The lowest BCUT2D eigenvalue weighted by Gasteiger charge is -2.21. The van der Waals surface area contributed by atoms with E-state index in [0.717, 1.165) is 30.6 Å². The summed E-state index contributed by atoms with van der Waals surface area (Å²) in [4.78, 5) is 15.5. The topological polar surface area (TPSA) is 56.1 Å². The average molecular weight is 323 g/mol. The Hall–Kier alpha value is -2.42. The molecule has 23 heavy (non-hydrogen) atoms. The van der Waals surface area contributed by atoms with Crippen LogP contribution in [0.4, 0.5) is 5.00 Å². The Bertz CT molecular complexity index is 787. The SMILES string of the molecule is CN1CCc2c(sc(NC(=O)C=Cc3ccccc3)c2C#N)C1. The van der Waals surface area contributed by atoms with Gasteiger partial charge in [0, 0.05) is 24.0 Å². The molecule has 4 nitrogen and oxygen atoms in total. The number of thiophene rings is 1. The number of hydrogen-bond donors (Lipinski definition) is 1. The molecule has 0 saturated carbocycles. The first kappa shape index (κ1) is 15.5. The maximum absolute atomic E-state index is 12.1. The van der Waals surface area contributed by atoms with E-state index < -0.39 is 0 Å². The van der Waals surface area contributed by atoms with Crippen molar-refractivity contribution in [3.8, 4) is 6.07 Å². The molecule has 1 N–H and O–H groups in total. The minimum absolute atomic E-state index is 0.211. The summed E-state index contributed by atoms with van der Waals surface area (Å²) in [5, 5.41) is 12.9. The number of nitrogens with zero attached hydrogens (tertiary/aromatic N) is 2. The first-order valence-electron chi connectivity index (χ1n) is 7.44. The summed E-state index contributed by atoms with van der Waals surface area (Å²) in [6.07, 6.45) is 4.13. The van der Waals surface area contributed by atoms with E-state index in [9.17, 15) is 10.1 Å². The zero-order chi connectivity index (χ0) is 16.2. The Morgan fingerprint density at radius 1 is 1.39 bits per heavy atom. The highest BCUT2D eigenvalue weighted by molar-refractivity contribution is 7.16. The Kier molecular flexibility index (Phi) is 4.56. The molecule has 0 fully saturated rings. The summed E-state index contributed by atoms with van der Waals surface area (Å²) in [5.74, 6) is -0.211. The molecule has 1 aromatic heterocycles. The van der Waals surface area contributed by atoms with Gasteiger partial charge in [0.2, 0.25) is 5.91 Å². The molecule has 1 aromatic carbocycles. The Morgan fingerprint density at radius 3 is 2.91 bits per heavy atom. The highest BCUT2D eigenvalue weighted by atomic mass is 32.1. The van der Waals surface area contributed by atoms with Crippen LogP contribution in [0, 0.1) is 11.3 Å². The van der Waals surface area contributed by atoms with Crippen LogP contribution in [0.25, 0.3) is 6.08 Å². The number of nitrogens with one attached hydrogen (secondary N) is 1. The van der Waals surface area contributed by atoms with Gasteiger partial charge in [-0.05, 0) is 30.7 Å². The third-order valence-corrected chi connectivity index (χ3v) is 4.96. The van der Waals surface area contributed by atoms with Crippen molar-refractivity contribution >= 4 is 28.3 Å². The molecule has 0 radical (unpaired) electrons. The molecule has 2 heterocycles. The smallest absolute Gasteiger partial charge is 0.249 e. The highest BCUT2D eigenvalue weighted by Gasteiger charge is 2.23. The van der Waals surface area contributed by atoms with Crippen molar-refractivity contribution in [1.29, 1.82) is 5.26 Å². The first-order valence-corrected chi connectivity index (χ1v) is 8.26. The van der Waals surface area contributed by atoms with Gasteiger partial charge in [0.15, 0.2) is 0 Å². The lowest BCUT2D eigenvalue weighted by Crippen LogP contribution is -2.25. The van der Waals surface area contributed by atoms with E-state index in [4.69, 9.17) is 0 Å². The third-order valence-electron chi connectivity index (χ3n) is 3.82. The van der Waals surface area contributed by atoms with E-state index in [2.05, 4.69) is 23.3 Å². The standard InChI is InChI=1S/C18H17N3OS/c1-21-10-9-14-15(11-19)18(23-16(14)12-21)20-17(22)8-7-13-5-3-2-4-6-13/h2-8H,9-10,12H2,1H3,(H,20,22). The third kappa shape index (κ3) is 3.50. The molecule has 116 valence electrons. The molecule has 0 bridgehead atoms. The van der Waals surface area contributed by atoms with Crippen LogP contribution >= 0.6 is 11.3 Å². The number of anilines is 1. The zero-order valence-electron chi connectivity index (χ0n) is 12.9. The van der Waals surface area contributed by atoms with Gasteiger partial charge >= 0.3 is 0 Å². The summed E-state index contributed by atoms with van der Waals surface area (Å²) in [6.45, 7) is 1.78. The van der Waals surface area contributed by atoms with Crippen LogP contribution in [0.1, 0.15) is 21.6 Å². The molecule has 1 aliphatic heterocycles. The number of rotatable bonds is 3. The fourth-order valence-corrected chi connectivity index (χ4v) is 3.91. The molecule has 3 rings (SSSR count). The van der Waals surface area contributed by atoms with Crippen LogP contribution in [0.2, 0.25) is 0 Å². The molecular formula is C18H17N3OS. The van der Waals surface area contributed by atoms with Crippen molar-refractivity contribution in [2.75, 3.05) is 18.9 Å². The summed E-state index contributed by atoms with van der Waals surface area (Å²) in [7, 11) is 2.07. The van der Waals surface area contributed by atoms with E-state index in [1.54, 1.807) is 6.08 Å². The van der Waals surface area contributed by atoms with E-state index in [1.165, 1.54) is 22.3 Å². The monoisotopic (exact) mass is 323 g/mol. The minimum atomic E-state index is -0.211. The fourth-order valence-electron chi connectivity index (χ4n) is 2.63. The molecule has 0 atom stereocenters. The summed E-state index contributed by atoms with van der Waals surface area (Å²) >= 11 is 1.51. The van der Waals surface area contributed by atoms with Gasteiger partial charge in [-0.15, -0.1) is 11.3 Å². The number of carbonyl (C=O) groups excluding carboxylic acids is 1. The van der Waals surface area contributed by atoms with E-state index in [-0.39, 0.29) is 5.91 Å². The molecule has 0 saturated heterocycles. The molecule has 5 heteroatoms. The molecule has 0 aliphatic carbocycles. The lowest BCUT2D eigenvalue weighted by molar-refractivity contribution is -0.111. The van der Waals surface area contributed by atoms with Crippen molar-refractivity contribution in [3.05, 3.63) is 58.0 Å². The van der Waals surface area contributed by atoms with Crippen molar-refractivity contribution in [2.24, 2.45) is 0 Å². The quantitative estimate of drug-likeness (QED) is 0.882. The van der Waals surface area contributed by atoms with Gasteiger partial charge in [0.25, 0.3) is 0 Å². The Balaban J connectivity index is 1.77.